The third-order valence-corrected chi connectivity index (χ3v) is 2.21. The standard InChI is InChI=1S/C10H12F3N3O3/c11-10(12,13)3-4-19-6-7-1-2-9(16(17)18)8(5-7)15-14/h1-2,5,15H,3-4,6,14H2. The van der Waals surface area contributed by atoms with E-state index in [2.05, 4.69) is 5.43 Å². The van der Waals surface area contributed by atoms with Gasteiger partial charge in [0, 0.05) is 6.07 Å². The Labute approximate surface area is 106 Å². The van der Waals surface area contributed by atoms with E-state index in [1.165, 1.54) is 18.2 Å². The van der Waals surface area contributed by atoms with Crippen molar-refractivity contribution in [1.29, 1.82) is 0 Å². The monoisotopic (exact) mass is 279 g/mol. The number of benzene rings is 1. The molecule has 0 aromatic heterocycles. The Hall–Kier alpha value is -1.87. The summed E-state index contributed by atoms with van der Waals surface area (Å²) in [6.07, 6.45) is -5.30. The molecule has 0 unspecified atom stereocenters. The SMILES string of the molecule is NNc1cc(COCCC(F)(F)F)ccc1[N+](=O)[O-]. The molecule has 0 aliphatic rings. The van der Waals surface area contributed by atoms with Crippen molar-refractivity contribution in [1.82, 2.24) is 0 Å². The van der Waals surface area contributed by atoms with Crippen molar-refractivity contribution in [3.05, 3.63) is 33.9 Å². The van der Waals surface area contributed by atoms with E-state index < -0.39 is 24.1 Å². The molecule has 0 saturated heterocycles. The Morgan fingerprint density at radius 3 is 2.63 bits per heavy atom. The van der Waals surface area contributed by atoms with Crippen molar-refractivity contribution in [3.63, 3.8) is 0 Å². The number of nitro groups is 1. The molecule has 0 radical (unpaired) electrons. The van der Waals surface area contributed by atoms with Gasteiger partial charge in [-0.3, -0.25) is 16.0 Å². The average molecular weight is 279 g/mol. The van der Waals surface area contributed by atoms with Crippen LogP contribution in [0.25, 0.3) is 0 Å². The van der Waals surface area contributed by atoms with E-state index in [1.807, 2.05) is 0 Å². The molecule has 1 aromatic carbocycles. The molecular formula is C10H12F3N3O3. The summed E-state index contributed by atoms with van der Waals surface area (Å²) >= 11 is 0. The Morgan fingerprint density at radius 2 is 2.11 bits per heavy atom. The van der Waals surface area contributed by atoms with Gasteiger partial charge in [0.05, 0.1) is 24.6 Å². The van der Waals surface area contributed by atoms with Crippen LogP contribution in [0.5, 0.6) is 0 Å². The lowest BCUT2D eigenvalue weighted by Crippen LogP contribution is -2.12. The van der Waals surface area contributed by atoms with Crippen LogP contribution in [0.2, 0.25) is 0 Å². The summed E-state index contributed by atoms with van der Waals surface area (Å²) in [7, 11) is 0. The van der Waals surface area contributed by atoms with Crippen molar-refractivity contribution in [3.8, 4) is 0 Å². The second kappa shape index (κ2) is 6.34. The van der Waals surface area contributed by atoms with Crippen LogP contribution in [0, 0.1) is 10.1 Å². The summed E-state index contributed by atoms with van der Waals surface area (Å²) < 4.78 is 40.4. The van der Waals surface area contributed by atoms with Crippen LogP contribution < -0.4 is 11.3 Å². The number of halogens is 3. The number of alkyl halides is 3. The topological polar surface area (TPSA) is 90.4 Å². The summed E-state index contributed by atoms with van der Waals surface area (Å²) in [6.45, 7) is -0.547. The predicted molar refractivity (Wildman–Crippen MR) is 61.2 cm³/mol. The molecule has 0 bridgehead atoms. The Morgan fingerprint density at radius 1 is 1.42 bits per heavy atom. The fourth-order valence-electron chi connectivity index (χ4n) is 1.33. The minimum Gasteiger partial charge on any atom is -0.376 e. The number of hydrogen-bond donors (Lipinski definition) is 2. The highest BCUT2D eigenvalue weighted by Crippen LogP contribution is 2.25. The second-order valence-corrected chi connectivity index (χ2v) is 3.67. The minimum atomic E-state index is -4.26. The summed E-state index contributed by atoms with van der Waals surface area (Å²) in [6, 6.07) is 3.95. The third kappa shape index (κ3) is 5.10. The van der Waals surface area contributed by atoms with E-state index in [-0.39, 0.29) is 18.0 Å². The third-order valence-electron chi connectivity index (χ3n) is 2.21. The summed E-state index contributed by atoms with van der Waals surface area (Å²) in [5.74, 6) is 5.13. The zero-order valence-electron chi connectivity index (χ0n) is 9.74. The molecule has 19 heavy (non-hydrogen) atoms. The molecular weight excluding hydrogens is 267 g/mol. The fourth-order valence-corrected chi connectivity index (χ4v) is 1.33. The van der Waals surface area contributed by atoms with Gasteiger partial charge < -0.3 is 10.2 Å². The van der Waals surface area contributed by atoms with Gasteiger partial charge >= 0.3 is 6.18 Å². The maximum atomic E-state index is 11.9. The molecule has 1 rings (SSSR count). The van der Waals surface area contributed by atoms with Crippen LogP contribution in [0.3, 0.4) is 0 Å². The quantitative estimate of drug-likeness (QED) is 0.361. The highest BCUT2D eigenvalue weighted by molar-refractivity contribution is 5.61. The number of nitrogens with two attached hydrogens (primary N) is 1. The fraction of sp³-hybridized carbons (Fsp3) is 0.400. The smallest absolute Gasteiger partial charge is 0.376 e. The van der Waals surface area contributed by atoms with Crippen LogP contribution in [0.4, 0.5) is 24.5 Å². The molecule has 0 atom stereocenters. The molecule has 9 heteroatoms. The predicted octanol–water partition coefficient (Wildman–Crippen LogP) is 2.35. The first kappa shape index (κ1) is 15.2. The van der Waals surface area contributed by atoms with Gasteiger partial charge in [-0.05, 0) is 17.7 Å². The number of ether oxygens (including phenoxy) is 1. The molecule has 0 aliphatic heterocycles. The Balaban J connectivity index is 2.58. The minimum absolute atomic E-state index is 0.0712. The van der Waals surface area contributed by atoms with Crippen molar-refractivity contribution < 1.29 is 22.8 Å². The molecule has 106 valence electrons. The number of nitrogens with one attached hydrogen (secondary N) is 1. The van der Waals surface area contributed by atoms with E-state index >= 15 is 0 Å². The molecule has 0 heterocycles. The molecule has 1 aromatic rings. The van der Waals surface area contributed by atoms with Crippen LogP contribution in [0.1, 0.15) is 12.0 Å². The van der Waals surface area contributed by atoms with Gasteiger partial charge in [-0.1, -0.05) is 0 Å². The number of hydrogen-bond acceptors (Lipinski definition) is 5. The van der Waals surface area contributed by atoms with Gasteiger partial charge in [-0.15, -0.1) is 0 Å². The van der Waals surface area contributed by atoms with Crippen molar-refractivity contribution in [2.24, 2.45) is 5.84 Å². The van der Waals surface area contributed by atoms with Gasteiger partial charge in [-0.25, -0.2) is 0 Å². The molecule has 0 fully saturated rings. The van der Waals surface area contributed by atoms with Gasteiger partial charge in [0.2, 0.25) is 0 Å². The van der Waals surface area contributed by atoms with Crippen LogP contribution in [-0.2, 0) is 11.3 Å². The zero-order valence-corrected chi connectivity index (χ0v) is 9.74. The summed E-state index contributed by atoms with van der Waals surface area (Å²) in [4.78, 5) is 9.99. The maximum Gasteiger partial charge on any atom is 0.391 e. The molecule has 6 nitrogen and oxygen atoms in total. The molecule has 0 amide bonds. The van der Waals surface area contributed by atoms with Crippen LogP contribution in [-0.4, -0.2) is 17.7 Å². The van der Waals surface area contributed by atoms with Gasteiger partial charge in [0.25, 0.3) is 5.69 Å². The normalized spacial score (nSPS) is 11.4. The first-order valence-corrected chi connectivity index (χ1v) is 5.22. The van der Waals surface area contributed by atoms with Gasteiger partial charge in [0.15, 0.2) is 0 Å². The number of nitrogen functional groups attached to an aromatic ring is 1. The maximum absolute atomic E-state index is 11.9. The Bertz CT molecular complexity index is 451. The average Bonchev–Trinajstić information content (AvgIpc) is 2.33. The number of hydrazine groups is 1. The van der Waals surface area contributed by atoms with E-state index in [1.54, 1.807) is 0 Å². The Kier molecular flexibility index (Phi) is 5.07. The van der Waals surface area contributed by atoms with Gasteiger partial charge in [-0.2, -0.15) is 13.2 Å². The van der Waals surface area contributed by atoms with Crippen molar-refractivity contribution >= 4 is 11.4 Å². The second-order valence-electron chi connectivity index (χ2n) is 3.67. The summed E-state index contributed by atoms with van der Waals surface area (Å²) in [5, 5.41) is 10.6. The highest BCUT2D eigenvalue weighted by Gasteiger charge is 2.26. The van der Waals surface area contributed by atoms with Crippen LogP contribution in [0.15, 0.2) is 18.2 Å². The van der Waals surface area contributed by atoms with Crippen molar-refractivity contribution in [2.75, 3.05) is 12.0 Å². The lowest BCUT2D eigenvalue weighted by atomic mass is 10.2. The first-order valence-electron chi connectivity index (χ1n) is 5.22. The lowest BCUT2D eigenvalue weighted by Gasteiger charge is -2.08. The largest absolute Gasteiger partial charge is 0.391 e. The van der Waals surface area contributed by atoms with E-state index in [9.17, 15) is 23.3 Å². The first-order chi connectivity index (χ1) is 8.83. The molecule has 3 N–H and O–H groups in total. The van der Waals surface area contributed by atoms with E-state index in [4.69, 9.17) is 10.6 Å². The number of nitrogens with zero attached hydrogens (tertiary/aromatic N) is 1. The van der Waals surface area contributed by atoms with Crippen LogP contribution >= 0.6 is 0 Å². The summed E-state index contributed by atoms with van der Waals surface area (Å²) in [5.41, 5.74) is 2.49. The number of anilines is 1. The number of nitro benzene ring substituents is 1. The lowest BCUT2D eigenvalue weighted by molar-refractivity contribution is -0.384. The van der Waals surface area contributed by atoms with Crippen molar-refractivity contribution in [2.45, 2.75) is 19.2 Å². The highest BCUT2D eigenvalue weighted by atomic mass is 19.4. The zero-order chi connectivity index (χ0) is 14.5. The van der Waals surface area contributed by atoms with E-state index in [0.29, 0.717) is 5.56 Å². The molecule has 0 saturated carbocycles. The van der Waals surface area contributed by atoms with E-state index in [0.717, 1.165) is 0 Å². The molecule has 0 aliphatic carbocycles. The number of rotatable bonds is 6. The molecule has 0 spiro atoms. The van der Waals surface area contributed by atoms with Gasteiger partial charge in [0.1, 0.15) is 5.69 Å².